The lowest BCUT2D eigenvalue weighted by molar-refractivity contribution is 0.402. The molecule has 0 spiro atoms. The maximum Gasteiger partial charge on any atom is 0.157 e. The second kappa shape index (κ2) is 5.17. The molecule has 3 nitrogen and oxygen atoms in total. The van der Waals surface area contributed by atoms with E-state index < -0.39 is 0 Å². The number of rotatable bonds is 1. The van der Waals surface area contributed by atoms with Crippen LogP contribution < -0.4 is 5.32 Å². The normalized spacial score (nSPS) is 22.1. The second-order valence-corrected chi connectivity index (χ2v) is 5.52. The van der Waals surface area contributed by atoms with Gasteiger partial charge in [-0.3, -0.25) is 0 Å². The Morgan fingerprint density at radius 3 is 2.50 bits per heavy atom. The molecule has 0 saturated carbocycles. The highest BCUT2D eigenvalue weighted by Gasteiger charge is 2.24. The molecule has 2 aromatic carbocycles. The minimum absolute atomic E-state index is 0.0374. The molecule has 0 amide bonds. The first-order valence-electron chi connectivity index (χ1n) is 6.98. The molecular weight excluding hydrogens is 250 g/mol. The fourth-order valence-corrected chi connectivity index (χ4v) is 2.95. The van der Waals surface area contributed by atoms with E-state index in [2.05, 4.69) is 24.4 Å². The van der Waals surface area contributed by atoms with Crippen molar-refractivity contribution in [1.82, 2.24) is 5.32 Å². The summed E-state index contributed by atoms with van der Waals surface area (Å²) < 4.78 is 0. The first kappa shape index (κ1) is 13.0. The van der Waals surface area contributed by atoms with Crippen molar-refractivity contribution in [3.63, 3.8) is 0 Å². The second-order valence-electron chi connectivity index (χ2n) is 5.52. The van der Waals surface area contributed by atoms with Gasteiger partial charge >= 0.3 is 0 Å². The Morgan fingerprint density at radius 1 is 1.05 bits per heavy atom. The first-order valence-corrected chi connectivity index (χ1v) is 6.98. The van der Waals surface area contributed by atoms with Gasteiger partial charge in [0.05, 0.1) is 0 Å². The van der Waals surface area contributed by atoms with Gasteiger partial charge in [0, 0.05) is 18.5 Å². The molecule has 3 rings (SSSR count). The van der Waals surface area contributed by atoms with Crippen LogP contribution in [0, 0.1) is 0 Å². The zero-order chi connectivity index (χ0) is 14.1. The number of hydrogen-bond donors (Lipinski definition) is 3. The molecule has 3 heteroatoms. The van der Waals surface area contributed by atoms with Gasteiger partial charge in [-0.2, -0.15) is 0 Å². The van der Waals surface area contributed by atoms with Crippen molar-refractivity contribution in [3.05, 3.63) is 59.2 Å². The van der Waals surface area contributed by atoms with E-state index in [1.165, 1.54) is 5.56 Å². The van der Waals surface area contributed by atoms with Crippen LogP contribution in [0.3, 0.4) is 0 Å². The number of hydrogen-bond acceptors (Lipinski definition) is 3. The summed E-state index contributed by atoms with van der Waals surface area (Å²) >= 11 is 0. The van der Waals surface area contributed by atoms with Crippen molar-refractivity contribution in [2.45, 2.75) is 25.3 Å². The van der Waals surface area contributed by atoms with E-state index in [1.54, 1.807) is 12.1 Å². The molecule has 104 valence electrons. The lowest BCUT2D eigenvalue weighted by Gasteiger charge is -2.19. The monoisotopic (exact) mass is 269 g/mol. The van der Waals surface area contributed by atoms with E-state index in [9.17, 15) is 10.2 Å². The fourth-order valence-electron chi connectivity index (χ4n) is 2.95. The third-order valence-corrected chi connectivity index (χ3v) is 4.01. The maximum atomic E-state index is 9.83. The molecule has 2 unspecified atom stereocenters. The van der Waals surface area contributed by atoms with E-state index in [-0.39, 0.29) is 17.4 Å². The molecule has 2 aromatic rings. The van der Waals surface area contributed by atoms with Gasteiger partial charge in [-0.25, -0.2) is 0 Å². The topological polar surface area (TPSA) is 52.5 Å². The highest BCUT2D eigenvalue weighted by molar-refractivity contribution is 5.50. The molecule has 1 aliphatic heterocycles. The van der Waals surface area contributed by atoms with Gasteiger partial charge in [0.2, 0.25) is 0 Å². The summed E-state index contributed by atoms with van der Waals surface area (Å²) in [7, 11) is 0. The van der Waals surface area contributed by atoms with Gasteiger partial charge in [-0.15, -0.1) is 0 Å². The number of phenols is 2. The van der Waals surface area contributed by atoms with Gasteiger partial charge in [-0.05, 0) is 42.2 Å². The third-order valence-electron chi connectivity index (χ3n) is 4.01. The van der Waals surface area contributed by atoms with E-state index >= 15 is 0 Å². The lowest BCUT2D eigenvalue weighted by Crippen LogP contribution is -2.29. The number of nitrogens with one attached hydrogen (secondary N) is 1. The molecule has 0 fully saturated rings. The van der Waals surface area contributed by atoms with Gasteiger partial charge in [0.25, 0.3) is 0 Å². The maximum absolute atomic E-state index is 9.83. The highest BCUT2D eigenvalue weighted by Crippen LogP contribution is 2.36. The number of fused-ring (bicyclic) bond motifs is 1. The molecule has 2 atom stereocenters. The molecule has 0 saturated heterocycles. The van der Waals surface area contributed by atoms with E-state index in [4.69, 9.17) is 0 Å². The van der Waals surface area contributed by atoms with Crippen molar-refractivity contribution in [2.75, 3.05) is 6.54 Å². The van der Waals surface area contributed by atoms with Crippen LogP contribution in [0.2, 0.25) is 0 Å². The summed E-state index contributed by atoms with van der Waals surface area (Å²) in [5.41, 5.74) is 3.43. The van der Waals surface area contributed by atoms with Crippen molar-refractivity contribution in [2.24, 2.45) is 0 Å². The summed E-state index contributed by atoms with van der Waals surface area (Å²) in [5, 5.41) is 23.1. The lowest BCUT2D eigenvalue weighted by atomic mass is 9.87. The summed E-state index contributed by atoms with van der Waals surface area (Å²) in [4.78, 5) is 0. The van der Waals surface area contributed by atoms with Gasteiger partial charge < -0.3 is 15.5 Å². The summed E-state index contributed by atoms with van der Waals surface area (Å²) in [6, 6.07) is 14.0. The minimum Gasteiger partial charge on any atom is -0.504 e. The number of phenolic OH excluding ortho intramolecular Hbond substituents is 2. The quantitative estimate of drug-likeness (QED) is 0.698. The van der Waals surface area contributed by atoms with E-state index in [0.717, 1.165) is 24.1 Å². The molecule has 0 radical (unpaired) electrons. The molecule has 20 heavy (non-hydrogen) atoms. The van der Waals surface area contributed by atoms with Crippen molar-refractivity contribution in [1.29, 1.82) is 0 Å². The number of benzene rings is 2. The Labute approximate surface area is 118 Å². The van der Waals surface area contributed by atoms with Crippen LogP contribution >= 0.6 is 0 Å². The highest BCUT2D eigenvalue weighted by atomic mass is 16.3. The van der Waals surface area contributed by atoms with Crippen LogP contribution in [0.1, 0.15) is 29.5 Å². The van der Waals surface area contributed by atoms with Gasteiger partial charge in [0.15, 0.2) is 11.5 Å². The molecule has 0 bridgehead atoms. The third kappa shape index (κ3) is 2.37. The average molecular weight is 269 g/mol. The van der Waals surface area contributed by atoms with Crippen molar-refractivity contribution < 1.29 is 10.2 Å². The molecule has 3 N–H and O–H groups in total. The number of aromatic hydroxyl groups is 2. The fraction of sp³-hybridized carbons (Fsp3) is 0.294. The van der Waals surface area contributed by atoms with Crippen molar-refractivity contribution in [3.8, 4) is 11.5 Å². The van der Waals surface area contributed by atoms with Crippen LogP contribution in [-0.4, -0.2) is 22.8 Å². The van der Waals surface area contributed by atoms with Crippen LogP contribution in [0.25, 0.3) is 0 Å². The van der Waals surface area contributed by atoms with Crippen LogP contribution in [0.15, 0.2) is 42.5 Å². The summed E-state index contributed by atoms with van der Waals surface area (Å²) in [5.74, 6) is 0.117. The Balaban J connectivity index is 2.12. The molecule has 0 aliphatic carbocycles. The predicted molar refractivity (Wildman–Crippen MR) is 79.2 cm³/mol. The Morgan fingerprint density at radius 2 is 1.75 bits per heavy atom. The summed E-state index contributed by atoms with van der Waals surface area (Å²) in [6.45, 7) is 2.98. The van der Waals surface area contributed by atoms with Crippen LogP contribution in [0.4, 0.5) is 0 Å². The van der Waals surface area contributed by atoms with E-state index in [0.29, 0.717) is 6.04 Å². The molecular formula is C17H19NO2. The first-order chi connectivity index (χ1) is 9.65. The summed E-state index contributed by atoms with van der Waals surface area (Å²) in [6.07, 6.45) is 0.854. The Hall–Kier alpha value is -2.00. The van der Waals surface area contributed by atoms with Crippen LogP contribution in [-0.2, 0) is 6.42 Å². The smallest absolute Gasteiger partial charge is 0.157 e. The van der Waals surface area contributed by atoms with Crippen molar-refractivity contribution >= 4 is 0 Å². The Kier molecular flexibility index (Phi) is 3.36. The molecule has 1 heterocycles. The largest absolute Gasteiger partial charge is 0.504 e. The molecule has 0 aromatic heterocycles. The SMILES string of the molecule is CC1Cc2cc(O)c(O)cc2C(c2ccccc2)CN1. The van der Waals surface area contributed by atoms with Gasteiger partial charge in [0.1, 0.15) is 0 Å². The Bertz CT molecular complexity index is 610. The zero-order valence-electron chi connectivity index (χ0n) is 11.5. The standard InChI is InChI=1S/C17H19NO2/c1-11-7-13-8-16(19)17(20)9-14(13)15(10-18-11)12-5-3-2-4-6-12/h2-6,8-9,11,15,18-20H,7,10H2,1H3. The average Bonchev–Trinajstić information content (AvgIpc) is 2.59. The predicted octanol–water partition coefficient (Wildman–Crippen LogP) is 2.76. The minimum atomic E-state index is -0.0424. The zero-order valence-corrected chi connectivity index (χ0v) is 11.5. The van der Waals surface area contributed by atoms with Crippen LogP contribution in [0.5, 0.6) is 11.5 Å². The van der Waals surface area contributed by atoms with Gasteiger partial charge in [-0.1, -0.05) is 30.3 Å². The molecule has 1 aliphatic rings. The van der Waals surface area contributed by atoms with E-state index in [1.807, 2.05) is 18.2 Å².